The van der Waals surface area contributed by atoms with Crippen LogP contribution in [0.2, 0.25) is 5.28 Å². The van der Waals surface area contributed by atoms with Gasteiger partial charge in [-0.2, -0.15) is 5.26 Å². The molecule has 0 bridgehead atoms. The average molecular weight is 651 g/mol. The van der Waals surface area contributed by atoms with E-state index in [1.54, 1.807) is 12.4 Å². The molecule has 4 aromatic rings. The molecule has 0 amide bonds. The summed E-state index contributed by atoms with van der Waals surface area (Å²) in [6.07, 6.45) is 4.93. The second-order valence-electron chi connectivity index (χ2n) is 7.32. The first-order valence-corrected chi connectivity index (χ1v) is 12.2. The van der Waals surface area contributed by atoms with Crippen molar-refractivity contribution >= 4 is 43.5 Å². The average Bonchev–Trinajstić information content (AvgIpc) is 2.85. The SMILES string of the molecule is Cc1cnc(C#N)nc1Cc1cccc(Br)c1.Cc1cnc(Cl)nc1Cc1cccc(Br)c1.[C-]#N.[K+]. The monoisotopic (exact) mass is 648 g/mol. The van der Waals surface area contributed by atoms with Crippen LogP contribution in [-0.4, -0.2) is 19.9 Å². The zero-order valence-corrected chi connectivity index (χ0v) is 27.1. The Kier molecular flexibility index (Phi) is 15.4. The molecule has 0 aliphatic rings. The van der Waals surface area contributed by atoms with Gasteiger partial charge >= 0.3 is 51.4 Å². The summed E-state index contributed by atoms with van der Waals surface area (Å²) in [6.45, 7) is 8.69. The van der Waals surface area contributed by atoms with Gasteiger partial charge in [-0.05, 0) is 72.0 Å². The largest absolute Gasteiger partial charge is 1.00 e. The van der Waals surface area contributed by atoms with E-state index in [2.05, 4.69) is 63.9 Å². The molecule has 2 aromatic heterocycles. The Balaban J connectivity index is 0.000000329. The first kappa shape index (κ1) is 32.5. The van der Waals surface area contributed by atoms with Crippen LogP contribution in [0.25, 0.3) is 0 Å². The van der Waals surface area contributed by atoms with E-state index < -0.39 is 0 Å². The molecule has 0 aliphatic carbocycles. The molecular weight excluding hydrogens is 631 g/mol. The van der Waals surface area contributed by atoms with Crippen LogP contribution in [0.3, 0.4) is 0 Å². The van der Waals surface area contributed by atoms with Crippen molar-refractivity contribution < 1.29 is 51.4 Å². The molecule has 2 aromatic carbocycles. The van der Waals surface area contributed by atoms with Crippen molar-refractivity contribution in [2.24, 2.45) is 0 Å². The number of rotatable bonds is 4. The Morgan fingerprint density at radius 1 is 0.833 bits per heavy atom. The molecule has 0 unspecified atom stereocenters. The van der Waals surface area contributed by atoms with Gasteiger partial charge in [0.1, 0.15) is 6.07 Å². The number of benzene rings is 2. The molecule has 0 saturated carbocycles. The Bertz CT molecular complexity index is 1360. The van der Waals surface area contributed by atoms with Crippen molar-refractivity contribution in [3.05, 3.63) is 121 Å². The molecule has 0 fully saturated rings. The number of aromatic nitrogens is 4. The fourth-order valence-corrected chi connectivity index (χ4v) is 4.07. The van der Waals surface area contributed by atoms with Crippen LogP contribution in [0, 0.1) is 37.0 Å². The smallest absolute Gasteiger partial charge is 0.512 e. The van der Waals surface area contributed by atoms with Gasteiger partial charge in [0.2, 0.25) is 11.1 Å². The van der Waals surface area contributed by atoms with Crippen LogP contribution in [-0.2, 0) is 12.8 Å². The van der Waals surface area contributed by atoms with Gasteiger partial charge in [0, 0.05) is 34.2 Å². The van der Waals surface area contributed by atoms with Gasteiger partial charge < -0.3 is 11.8 Å². The number of hydrogen-bond donors (Lipinski definition) is 0. The summed E-state index contributed by atoms with van der Waals surface area (Å²) in [5.41, 5.74) is 6.29. The van der Waals surface area contributed by atoms with E-state index in [1.807, 2.05) is 56.3 Å². The number of nitrogens with zero attached hydrogens (tertiary/aromatic N) is 6. The predicted molar refractivity (Wildman–Crippen MR) is 142 cm³/mol. The third-order valence-corrected chi connectivity index (χ3v) is 5.91. The summed E-state index contributed by atoms with van der Waals surface area (Å²) < 4.78 is 2.12. The van der Waals surface area contributed by atoms with E-state index in [9.17, 15) is 0 Å². The maximum atomic E-state index is 8.78. The van der Waals surface area contributed by atoms with Crippen molar-refractivity contribution in [2.75, 3.05) is 0 Å². The first-order chi connectivity index (χ1) is 16.8. The van der Waals surface area contributed by atoms with Gasteiger partial charge in [0.25, 0.3) is 0 Å². The third kappa shape index (κ3) is 10.8. The minimum Gasteiger partial charge on any atom is -0.512 e. The summed E-state index contributed by atoms with van der Waals surface area (Å²) in [7, 11) is 0. The maximum Gasteiger partial charge on any atom is 1.00 e. The number of nitriles is 1. The van der Waals surface area contributed by atoms with Crippen molar-refractivity contribution in [1.29, 1.82) is 10.5 Å². The second kappa shape index (κ2) is 17.1. The summed E-state index contributed by atoms with van der Waals surface area (Å²) in [5.74, 6) is 0.223. The summed E-state index contributed by atoms with van der Waals surface area (Å²) in [6, 6.07) is 18.2. The van der Waals surface area contributed by atoms with Crippen molar-refractivity contribution in [3.63, 3.8) is 0 Å². The van der Waals surface area contributed by atoms with Crippen molar-refractivity contribution in [3.8, 4) is 6.07 Å². The van der Waals surface area contributed by atoms with E-state index in [1.165, 1.54) is 5.56 Å². The zero-order valence-electron chi connectivity index (χ0n) is 20.0. The molecule has 0 aliphatic heterocycles. The van der Waals surface area contributed by atoms with E-state index in [0.717, 1.165) is 43.4 Å². The number of hydrogen-bond acceptors (Lipinski definition) is 6. The molecule has 0 radical (unpaired) electrons. The normalized spacial score (nSPS) is 9.39. The Labute approximate surface area is 275 Å². The Morgan fingerprint density at radius 3 is 1.78 bits per heavy atom. The summed E-state index contributed by atoms with van der Waals surface area (Å²) in [4.78, 5) is 16.3. The third-order valence-electron chi connectivity index (χ3n) is 4.74. The topological polar surface area (TPSA) is 99.1 Å². The minimum absolute atomic E-state index is 0. The van der Waals surface area contributed by atoms with Crippen LogP contribution < -0.4 is 51.4 Å². The fraction of sp³-hybridized carbons (Fsp3) is 0.154. The molecule has 0 saturated heterocycles. The molecule has 0 N–H and O–H groups in total. The van der Waals surface area contributed by atoms with E-state index >= 15 is 0 Å². The quantitative estimate of drug-likeness (QED) is 0.189. The maximum absolute atomic E-state index is 8.78. The molecule has 10 heteroatoms. The summed E-state index contributed by atoms with van der Waals surface area (Å²) in [5, 5.41) is 15.3. The van der Waals surface area contributed by atoms with Gasteiger partial charge in [-0.3, -0.25) is 0 Å². The molecule has 0 atom stereocenters. The van der Waals surface area contributed by atoms with Crippen molar-refractivity contribution in [2.45, 2.75) is 26.7 Å². The van der Waals surface area contributed by atoms with Gasteiger partial charge in [-0.15, -0.1) is 0 Å². The minimum atomic E-state index is 0. The van der Waals surface area contributed by atoms with Gasteiger partial charge in [-0.25, -0.2) is 19.9 Å². The van der Waals surface area contributed by atoms with Crippen LogP contribution in [0.1, 0.15) is 39.5 Å². The molecule has 6 nitrogen and oxygen atoms in total. The predicted octanol–water partition coefficient (Wildman–Crippen LogP) is 3.90. The molecule has 36 heavy (non-hydrogen) atoms. The van der Waals surface area contributed by atoms with Crippen LogP contribution in [0.5, 0.6) is 0 Å². The first-order valence-electron chi connectivity index (χ1n) is 10.3. The van der Waals surface area contributed by atoms with E-state index in [4.69, 9.17) is 28.7 Å². The Morgan fingerprint density at radius 2 is 1.31 bits per heavy atom. The van der Waals surface area contributed by atoms with Crippen LogP contribution in [0.4, 0.5) is 0 Å². The molecule has 0 spiro atoms. The van der Waals surface area contributed by atoms with Crippen molar-refractivity contribution in [1.82, 2.24) is 19.9 Å². The number of halogens is 3. The second-order valence-corrected chi connectivity index (χ2v) is 9.49. The van der Waals surface area contributed by atoms with Gasteiger partial charge in [0.05, 0.1) is 11.4 Å². The molecular formula is C26H20Br2ClKN6. The standard InChI is InChI=1S/C13H10BrN3.C12H10BrClN2.CN.K/c1-9-8-16-13(7-15)17-12(9)6-10-3-2-4-11(14)5-10;1-8-7-15-12(14)16-11(8)6-9-3-2-4-10(13)5-9;1-2;/h2-5,8H,6H2,1H3;2-5,7H,6H2,1H3;;/q;;-1;+1. The van der Waals surface area contributed by atoms with Gasteiger partial charge in [0.15, 0.2) is 0 Å². The Hall–Kier alpha value is -1.53. The van der Waals surface area contributed by atoms with Crippen LogP contribution >= 0.6 is 43.5 Å². The van der Waals surface area contributed by atoms with Gasteiger partial charge in [-0.1, -0.05) is 56.1 Å². The summed E-state index contributed by atoms with van der Waals surface area (Å²) >= 11 is 12.7. The molecule has 4 rings (SSSR count). The molecule has 176 valence electrons. The number of aryl methyl sites for hydroxylation is 2. The van der Waals surface area contributed by atoms with E-state index in [-0.39, 0.29) is 57.2 Å². The zero-order chi connectivity index (χ0) is 25.8. The fourth-order valence-electron chi connectivity index (χ4n) is 3.02. The molecule has 2 heterocycles. The van der Waals surface area contributed by atoms with Crippen LogP contribution in [0.15, 0.2) is 69.9 Å². The van der Waals surface area contributed by atoms with E-state index in [0.29, 0.717) is 11.7 Å².